The van der Waals surface area contributed by atoms with Gasteiger partial charge in [0.1, 0.15) is 5.52 Å². The van der Waals surface area contributed by atoms with Crippen LogP contribution in [0.1, 0.15) is 23.7 Å². The maximum Gasteiger partial charge on any atom is 0.227 e. The van der Waals surface area contributed by atoms with Crippen LogP contribution in [0.5, 0.6) is 0 Å². The Bertz CT molecular complexity index is 2500. The lowest BCUT2D eigenvalue weighted by molar-refractivity contribution is 0.620. The van der Waals surface area contributed by atoms with Crippen molar-refractivity contribution in [2.24, 2.45) is 5.92 Å². The zero-order valence-electron chi connectivity index (χ0n) is 26.4. The smallest absolute Gasteiger partial charge is 0.227 e. The Morgan fingerprint density at radius 3 is 2.10 bits per heavy atom. The van der Waals surface area contributed by atoms with E-state index in [1.807, 2.05) is 18.2 Å². The van der Waals surface area contributed by atoms with Crippen molar-refractivity contribution in [3.05, 3.63) is 167 Å². The van der Waals surface area contributed by atoms with Gasteiger partial charge in [0.15, 0.2) is 5.58 Å². The molecule has 0 N–H and O–H groups in total. The summed E-state index contributed by atoms with van der Waals surface area (Å²) in [4.78, 5) is 4.73. The van der Waals surface area contributed by atoms with Crippen molar-refractivity contribution in [3.63, 3.8) is 0 Å². The van der Waals surface area contributed by atoms with Crippen molar-refractivity contribution in [2.75, 3.05) is 0 Å². The van der Waals surface area contributed by atoms with Gasteiger partial charge in [0.25, 0.3) is 0 Å². The quantitative estimate of drug-likeness (QED) is 0.181. The van der Waals surface area contributed by atoms with Crippen molar-refractivity contribution >= 4 is 49.6 Å². The number of para-hydroxylation sites is 2. The molecule has 1 atom stereocenters. The average molecular weight is 684 g/mol. The molecule has 0 aliphatic heterocycles. The van der Waals surface area contributed by atoms with Gasteiger partial charge in [-0.1, -0.05) is 120 Å². The largest absolute Gasteiger partial charge is 0.436 e. The molecule has 8 aromatic rings. The van der Waals surface area contributed by atoms with Gasteiger partial charge in [0.05, 0.1) is 5.52 Å². The number of allylic oxidation sites excluding steroid dienone is 1. The van der Waals surface area contributed by atoms with Gasteiger partial charge in [-0.25, -0.2) is 4.98 Å². The van der Waals surface area contributed by atoms with E-state index in [0.29, 0.717) is 11.8 Å². The van der Waals surface area contributed by atoms with Gasteiger partial charge in [-0.15, -0.1) is 0 Å². The number of hydrogen-bond donors (Lipinski definition) is 0. The molecule has 0 spiro atoms. The predicted molar refractivity (Wildman–Crippen MR) is 202 cm³/mol. The van der Waals surface area contributed by atoms with Gasteiger partial charge in [-0.2, -0.15) is 0 Å². The van der Waals surface area contributed by atoms with Crippen LogP contribution in [-0.4, -0.2) is 9.55 Å². The molecular formula is C44H31BrN2O. The first-order valence-electron chi connectivity index (χ1n) is 16.4. The molecule has 4 heteroatoms. The molecule has 3 nitrogen and oxygen atoms in total. The molecule has 0 saturated carbocycles. The highest BCUT2D eigenvalue weighted by molar-refractivity contribution is 9.10. The molecule has 2 aromatic heterocycles. The number of aromatic nitrogens is 2. The minimum absolute atomic E-state index is 0.341. The van der Waals surface area contributed by atoms with Crippen LogP contribution in [0.2, 0.25) is 0 Å². The van der Waals surface area contributed by atoms with Crippen molar-refractivity contribution in [3.8, 4) is 39.4 Å². The predicted octanol–water partition coefficient (Wildman–Crippen LogP) is 12.3. The highest BCUT2D eigenvalue weighted by atomic mass is 79.9. The second-order valence-electron chi connectivity index (χ2n) is 12.6. The number of benzene rings is 6. The zero-order valence-corrected chi connectivity index (χ0v) is 28.0. The summed E-state index contributed by atoms with van der Waals surface area (Å²) in [6, 6.07) is 51.7. The van der Waals surface area contributed by atoms with Crippen molar-refractivity contribution < 1.29 is 4.42 Å². The molecule has 0 radical (unpaired) electrons. The average Bonchev–Trinajstić information content (AvgIpc) is 3.70. The zero-order chi connectivity index (χ0) is 32.2. The molecule has 48 heavy (non-hydrogen) atoms. The third-order valence-corrected chi connectivity index (χ3v) is 10.1. The van der Waals surface area contributed by atoms with Gasteiger partial charge in [-0.05, 0) is 100 Å². The van der Waals surface area contributed by atoms with E-state index in [9.17, 15) is 0 Å². The highest BCUT2D eigenvalue weighted by Crippen LogP contribution is 2.44. The fraction of sp³-hybridized carbons (Fsp3) is 0.0682. The Morgan fingerprint density at radius 2 is 1.31 bits per heavy atom. The maximum absolute atomic E-state index is 6.08. The second-order valence-corrected chi connectivity index (χ2v) is 13.5. The topological polar surface area (TPSA) is 31.0 Å². The number of hydrogen-bond acceptors (Lipinski definition) is 2. The number of fused-ring (bicyclic) bond motifs is 4. The van der Waals surface area contributed by atoms with Crippen LogP contribution in [0, 0.1) is 5.92 Å². The van der Waals surface area contributed by atoms with Gasteiger partial charge < -0.3 is 8.98 Å². The van der Waals surface area contributed by atoms with Crippen LogP contribution in [0.25, 0.3) is 73.0 Å². The molecule has 2 heterocycles. The van der Waals surface area contributed by atoms with Crippen LogP contribution in [0.4, 0.5) is 0 Å². The Kier molecular flexibility index (Phi) is 6.98. The molecule has 6 aromatic carbocycles. The summed E-state index contributed by atoms with van der Waals surface area (Å²) in [6.45, 7) is 2.37. The molecule has 1 aliphatic rings. The van der Waals surface area contributed by atoms with E-state index in [0.717, 1.165) is 33.1 Å². The monoisotopic (exact) mass is 682 g/mol. The van der Waals surface area contributed by atoms with Crippen LogP contribution in [0.3, 0.4) is 0 Å². The number of nitrogens with zero attached hydrogens (tertiary/aromatic N) is 2. The molecule has 230 valence electrons. The molecule has 1 unspecified atom stereocenters. The second kappa shape index (κ2) is 11.7. The summed E-state index contributed by atoms with van der Waals surface area (Å²) in [5.74, 6) is 0.966. The van der Waals surface area contributed by atoms with E-state index < -0.39 is 0 Å². The minimum atomic E-state index is 0.341. The fourth-order valence-electron chi connectivity index (χ4n) is 7.35. The summed E-state index contributed by atoms with van der Waals surface area (Å²) in [6.07, 6.45) is 3.43. The SMILES string of the molecule is CC1Cc2c(c3ccccc3n2-c2ccccc2)C=C1c1ccccc1-c1ccccc1-c1ccc(-c2nc3cc(Br)ccc3o2)cc1. The van der Waals surface area contributed by atoms with Gasteiger partial charge in [0.2, 0.25) is 5.89 Å². The van der Waals surface area contributed by atoms with Crippen molar-refractivity contribution in [2.45, 2.75) is 13.3 Å². The Morgan fingerprint density at radius 1 is 0.667 bits per heavy atom. The Labute approximate surface area is 288 Å². The molecule has 0 bridgehead atoms. The maximum atomic E-state index is 6.08. The van der Waals surface area contributed by atoms with Crippen molar-refractivity contribution in [1.29, 1.82) is 0 Å². The summed E-state index contributed by atoms with van der Waals surface area (Å²) >= 11 is 3.53. The molecule has 1 aliphatic carbocycles. The van der Waals surface area contributed by atoms with Crippen LogP contribution in [-0.2, 0) is 6.42 Å². The molecular weight excluding hydrogens is 652 g/mol. The minimum Gasteiger partial charge on any atom is -0.436 e. The van der Waals surface area contributed by atoms with Gasteiger partial charge >= 0.3 is 0 Å². The summed E-state index contributed by atoms with van der Waals surface area (Å²) in [7, 11) is 0. The highest BCUT2D eigenvalue weighted by Gasteiger charge is 2.27. The van der Waals surface area contributed by atoms with E-state index in [1.54, 1.807) is 0 Å². The van der Waals surface area contributed by atoms with Crippen LogP contribution < -0.4 is 0 Å². The van der Waals surface area contributed by atoms with E-state index >= 15 is 0 Å². The van der Waals surface area contributed by atoms with E-state index in [4.69, 9.17) is 9.40 Å². The van der Waals surface area contributed by atoms with Crippen LogP contribution in [0.15, 0.2) is 154 Å². The normalized spacial score (nSPS) is 14.3. The lowest BCUT2D eigenvalue weighted by Crippen LogP contribution is -2.13. The Balaban J connectivity index is 1.14. The standard InChI is InChI=1S/C44H31BrN2O/c1-28-25-42-39(37-17-9-10-18-41(37)47(42)32-11-3-2-4-12-32)27-38(28)36-16-8-7-15-35(36)34-14-6-5-13-33(34)29-19-21-30(22-20-29)44-46-40-26-31(45)23-24-43(40)48-44/h2-24,26-28H,25H2,1H3. The number of halogens is 1. The lowest BCUT2D eigenvalue weighted by Gasteiger charge is -2.26. The summed E-state index contributed by atoms with van der Waals surface area (Å²) < 4.78 is 9.52. The third-order valence-electron chi connectivity index (χ3n) is 9.61. The number of rotatable bonds is 5. The molecule has 0 amide bonds. The third kappa shape index (κ3) is 4.83. The summed E-state index contributed by atoms with van der Waals surface area (Å²) in [5.41, 5.74) is 15.2. The fourth-order valence-corrected chi connectivity index (χ4v) is 7.70. The first-order valence-corrected chi connectivity index (χ1v) is 17.2. The van der Waals surface area contributed by atoms with E-state index in [2.05, 4.69) is 161 Å². The first kappa shape index (κ1) is 28.7. The van der Waals surface area contributed by atoms with Gasteiger partial charge in [0, 0.05) is 32.4 Å². The van der Waals surface area contributed by atoms with E-state index in [1.165, 1.54) is 55.7 Å². The lowest BCUT2D eigenvalue weighted by atomic mass is 9.80. The molecule has 0 fully saturated rings. The van der Waals surface area contributed by atoms with Crippen molar-refractivity contribution in [1.82, 2.24) is 9.55 Å². The van der Waals surface area contributed by atoms with Gasteiger partial charge in [-0.3, -0.25) is 0 Å². The van der Waals surface area contributed by atoms with E-state index in [-0.39, 0.29) is 0 Å². The summed E-state index contributed by atoms with van der Waals surface area (Å²) in [5, 5.41) is 1.30. The molecule has 0 saturated heterocycles. The number of oxazole rings is 1. The van der Waals surface area contributed by atoms with Crippen LogP contribution >= 0.6 is 15.9 Å². The Hall–Kier alpha value is -5.45. The first-order chi connectivity index (χ1) is 23.6. The molecule has 9 rings (SSSR count).